The van der Waals surface area contributed by atoms with Crippen LogP contribution < -0.4 is 0 Å². The predicted octanol–water partition coefficient (Wildman–Crippen LogP) is 2.90. The van der Waals surface area contributed by atoms with E-state index in [1.54, 1.807) is 12.1 Å². The highest BCUT2D eigenvalue weighted by atomic mass is 16.6. The van der Waals surface area contributed by atoms with Crippen LogP contribution in [-0.4, -0.2) is 11.9 Å². The molecule has 0 saturated carbocycles. The van der Waals surface area contributed by atoms with Gasteiger partial charge in [-0.2, -0.15) is 0 Å². The Kier molecular flexibility index (Phi) is 1.56. The summed E-state index contributed by atoms with van der Waals surface area (Å²) < 4.78 is 10.3. The van der Waals surface area contributed by atoms with Crippen LogP contribution >= 0.6 is 0 Å². The van der Waals surface area contributed by atoms with Gasteiger partial charge in [-0.1, -0.05) is 18.2 Å². The lowest BCUT2D eigenvalue weighted by Crippen LogP contribution is -1.97. The number of esters is 2. The SMILES string of the molecule is O=C1OC(=O)c2c1ccc1oc3ccccc3c21. The molecule has 3 aromatic rings. The van der Waals surface area contributed by atoms with Gasteiger partial charge in [-0.15, -0.1) is 0 Å². The monoisotopic (exact) mass is 238 g/mol. The van der Waals surface area contributed by atoms with Crippen LogP contribution in [0.5, 0.6) is 0 Å². The Bertz CT molecular complexity index is 841. The molecule has 0 radical (unpaired) electrons. The molecule has 1 aliphatic heterocycles. The van der Waals surface area contributed by atoms with E-state index in [0.717, 1.165) is 5.39 Å². The Morgan fingerprint density at radius 2 is 1.67 bits per heavy atom. The van der Waals surface area contributed by atoms with Gasteiger partial charge in [0.1, 0.15) is 11.2 Å². The lowest BCUT2D eigenvalue weighted by atomic mass is 10.0. The molecule has 0 aliphatic carbocycles. The van der Waals surface area contributed by atoms with Crippen molar-refractivity contribution in [1.29, 1.82) is 0 Å². The summed E-state index contributed by atoms with van der Waals surface area (Å²) in [6.07, 6.45) is 0. The molecule has 0 amide bonds. The van der Waals surface area contributed by atoms with Gasteiger partial charge in [0, 0.05) is 10.8 Å². The second-order valence-electron chi connectivity index (χ2n) is 4.14. The molecule has 1 aliphatic rings. The van der Waals surface area contributed by atoms with Gasteiger partial charge in [-0.3, -0.25) is 0 Å². The quantitative estimate of drug-likeness (QED) is 0.446. The molecule has 0 bridgehead atoms. The molecule has 4 rings (SSSR count). The zero-order chi connectivity index (χ0) is 12.3. The van der Waals surface area contributed by atoms with E-state index in [1.165, 1.54) is 0 Å². The van der Waals surface area contributed by atoms with E-state index >= 15 is 0 Å². The first-order chi connectivity index (χ1) is 8.75. The van der Waals surface area contributed by atoms with Crippen LogP contribution in [0.4, 0.5) is 0 Å². The van der Waals surface area contributed by atoms with Crippen LogP contribution in [0.25, 0.3) is 21.9 Å². The van der Waals surface area contributed by atoms with E-state index in [-0.39, 0.29) is 0 Å². The summed E-state index contributed by atoms with van der Waals surface area (Å²) in [4.78, 5) is 23.3. The third-order valence-corrected chi connectivity index (χ3v) is 3.15. The summed E-state index contributed by atoms with van der Waals surface area (Å²) in [7, 11) is 0. The minimum absolute atomic E-state index is 0.305. The topological polar surface area (TPSA) is 56.5 Å². The molecule has 0 fully saturated rings. The first kappa shape index (κ1) is 9.41. The van der Waals surface area contributed by atoms with Crippen LogP contribution in [0.15, 0.2) is 40.8 Å². The summed E-state index contributed by atoms with van der Waals surface area (Å²) in [5.74, 6) is -1.20. The highest BCUT2D eigenvalue weighted by molar-refractivity contribution is 6.25. The van der Waals surface area contributed by atoms with Crippen LogP contribution in [-0.2, 0) is 4.74 Å². The second kappa shape index (κ2) is 2.98. The third kappa shape index (κ3) is 0.996. The summed E-state index contributed by atoms with van der Waals surface area (Å²) in [5, 5.41) is 1.47. The number of benzene rings is 2. The second-order valence-corrected chi connectivity index (χ2v) is 4.14. The van der Waals surface area contributed by atoms with Crippen molar-refractivity contribution >= 4 is 33.9 Å². The molecule has 0 atom stereocenters. The molecule has 0 unspecified atom stereocenters. The van der Waals surface area contributed by atoms with Gasteiger partial charge in [0.05, 0.1) is 11.1 Å². The van der Waals surface area contributed by atoms with Crippen LogP contribution in [0.2, 0.25) is 0 Å². The van der Waals surface area contributed by atoms with E-state index in [4.69, 9.17) is 4.42 Å². The fourth-order valence-electron chi connectivity index (χ4n) is 2.39. The summed E-state index contributed by atoms with van der Waals surface area (Å²) in [5.41, 5.74) is 1.89. The van der Waals surface area contributed by atoms with Crippen molar-refractivity contribution in [2.45, 2.75) is 0 Å². The zero-order valence-corrected chi connectivity index (χ0v) is 9.10. The number of carbonyl (C=O) groups excluding carboxylic acids is 2. The number of furan rings is 1. The molecule has 0 saturated heterocycles. The minimum Gasteiger partial charge on any atom is -0.456 e. The highest BCUT2D eigenvalue weighted by Gasteiger charge is 2.33. The molecule has 0 N–H and O–H groups in total. The number of rotatable bonds is 0. The zero-order valence-electron chi connectivity index (χ0n) is 9.10. The smallest absolute Gasteiger partial charge is 0.347 e. The number of ether oxygens (including phenoxy) is 1. The molecule has 1 aromatic heterocycles. The van der Waals surface area contributed by atoms with Gasteiger partial charge in [-0.25, -0.2) is 9.59 Å². The van der Waals surface area contributed by atoms with Crippen molar-refractivity contribution in [3.05, 3.63) is 47.5 Å². The van der Waals surface area contributed by atoms with Crippen molar-refractivity contribution in [2.75, 3.05) is 0 Å². The Balaban J connectivity index is 2.29. The van der Waals surface area contributed by atoms with Crippen molar-refractivity contribution < 1.29 is 18.7 Å². The Hall–Kier alpha value is -2.62. The Morgan fingerprint density at radius 1 is 0.833 bits per heavy atom. The molecule has 4 heteroatoms. The molecule has 2 aromatic carbocycles. The van der Waals surface area contributed by atoms with Crippen LogP contribution in [0.3, 0.4) is 0 Å². The first-order valence-corrected chi connectivity index (χ1v) is 5.46. The van der Waals surface area contributed by atoms with Gasteiger partial charge >= 0.3 is 11.9 Å². The maximum Gasteiger partial charge on any atom is 0.347 e. The van der Waals surface area contributed by atoms with Crippen molar-refractivity contribution in [3.63, 3.8) is 0 Å². The average Bonchev–Trinajstić information content (AvgIpc) is 2.87. The number of fused-ring (bicyclic) bond motifs is 5. The standard InChI is InChI=1S/C14H6O4/c15-13-8-5-6-10-11(12(8)14(16)18-13)7-3-1-2-4-9(7)17-10/h1-6H. The fourth-order valence-corrected chi connectivity index (χ4v) is 2.39. The number of cyclic esters (lactones) is 2. The van der Waals surface area contributed by atoms with Gasteiger partial charge < -0.3 is 9.15 Å². The van der Waals surface area contributed by atoms with Crippen molar-refractivity contribution in [1.82, 2.24) is 0 Å². The number of para-hydroxylation sites is 1. The molecule has 86 valence electrons. The van der Waals surface area contributed by atoms with E-state index in [2.05, 4.69) is 4.74 Å². The molecule has 18 heavy (non-hydrogen) atoms. The fraction of sp³-hybridized carbons (Fsp3) is 0. The summed E-state index contributed by atoms with van der Waals surface area (Å²) in [6, 6.07) is 10.6. The Morgan fingerprint density at radius 3 is 2.56 bits per heavy atom. The molecule has 0 spiro atoms. The molecule has 4 nitrogen and oxygen atoms in total. The van der Waals surface area contributed by atoms with E-state index in [0.29, 0.717) is 27.7 Å². The molecular weight excluding hydrogens is 232 g/mol. The van der Waals surface area contributed by atoms with Gasteiger partial charge in [0.2, 0.25) is 0 Å². The average molecular weight is 238 g/mol. The summed E-state index contributed by atoms with van der Waals surface area (Å²) in [6.45, 7) is 0. The third-order valence-electron chi connectivity index (χ3n) is 3.15. The highest BCUT2D eigenvalue weighted by Crippen LogP contribution is 2.35. The lowest BCUT2D eigenvalue weighted by molar-refractivity contribution is 0.0444. The van der Waals surface area contributed by atoms with E-state index in [1.807, 2.05) is 24.3 Å². The lowest BCUT2D eigenvalue weighted by Gasteiger charge is -1.94. The Labute approximate surface area is 101 Å². The molecule has 2 heterocycles. The molecular formula is C14H6O4. The maximum atomic E-state index is 11.7. The summed E-state index contributed by atoms with van der Waals surface area (Å²) >= 11 is 0. The number of carbonyl (C=O) groups is 2. The number of hydrogen-bond acceptors (Lipinski definition) is 4. The van der Waals surface area contributed by atoms with Gasteiger partial charge in [0.15, 0.2) is 0 Å². The number of hydrogen-bond donors (Lipinski definition) is 0. The van der Waals surface area contributed by atoms with E-state index < -0.39 is 11.9 Å². The minimum atomic E-state index is -0.604. The van der Waals surface area contributed by atoms with E-state index in [9.17, 15) is 9.59 Å². The van der Waals surface area contributed by atoms with Gasteiger partial charge in [-0.05, 0) is 18.2 Å². The largest absolute Gasteiger partial charge is 0.456 e. The first-order valence-electron chi connectivity index (χ1n) is 5.46. The van der Waals surface area contributed by atoms with Gasteiger partial charge in [0.25, 0.3) is 0 Å². The maximum absolute atomic E-state index is 11.7. The van der Waals surface area contributed by atoms with Crippen LogP contribution in [0, 0.1) is 0 Å². The van der Waals surface area contributed by atoms with Crippen molar-refractivity contribution in [2.24, 2.45) is 0 Å². The van der Waals surface area contributed by atoms with Crippen LogP contribution in [0.1, 0.15) is 20.7 Å². The van der Waals surface area contributed by atoms with Crippen molar-refractivity contribution in [3.8, 4) is 0 Å². The normalized spacial score (nSPS) is 14.2. The predicted molar refractivity (Wildman–Crippen MR) is 63.5 cm³/mol.